The summed E-state index contributed by atoms with van der Waals surface area (Å²) in [5.41, 5.74) is 4.27. The molecule has 10 nitrogen and oxygen atoms in total. The van der Waals surface area contributed by atoms with Crippen LogP contribution < -0.4 is 24.4 Å². The van der Waals surface area contributed by atoms with E-state index in [2.05, 4.69) is 10.3 Å². The molecule has 10 heteroatoms. The lowest BCUT2D eigenvalue weighted by atomic mass is 10.1. The number of carbonyl (C=O) groups is 2. The number of para-hydroxylation sites is 2. The molecule has 0 bridgehead atoms. The predicted octanol–water partition coefficient (Wildman–Crippen LogP) is 4.46. The molecule has 2 aliphatic rings. The van der Waals surface area contributed by atoms with Gasteiger partial charge in [0, 0.05) is 35.4 Å². The molecule has 1 atom stereocenters. The van der Waals surface area contributed by atoms with E-state index in [1.54, 1.807) is 30.2 Å². The number of ether oxygens (including phenoxy) is 3. The molecule has 7 rings (SSSR count). The van der Waals surface area contributed by atoms with Gasteiger partial charge in [-0.3, -0.25) is 19.1 Å². The monoisotopic (exact) mass is 537 g/mol. The molecule has 4 heterocycles. The second kappa shape index (κ2) is 9.64. The van der Waals surface area contributed by atoms with Crippen molar-refractivity contribution in [1.29, 1.82) is 0 Å². The lowest BCUT2D eigenvalue weighted by Gasteiger charge is -2.19. The molecule has 2 N–H and O–H groups in total. The molecule has 0 radical (unpaired) electrons. The summed E-state index contributed by atoms with van der Waals surface area (Å²) in [6.45, 7) is 1.38. The number of nitrogens with one attached hydrogen (secondary N) is 2. The van der Waals surface area contributed by atoms with Gasteiger partial charge < -0.3 is 24.5 Å². The van der Waals surface area contributed by atoms with Crippen LogP contribution in [0.5, 0.6) is 17.2 Å². The molecule has 0 fully saturated rings. The smallest absolute Gasteiger partial charge is 0.253 e. The van der Waals surface area contributed by atoms with Crippen LogP contribution in [-0.4, -0.2) is 53.2 Å². The second-order valence-corrected chi connectivity index (χ2v) is 9.86. The molecule has 2 aromatic heterocycles. The maximum absolute atomic E-state index is 13.8. The summed E-state index contributed by atoms with van der Waals surface area (Å²) in [6, 6.07) is 18.1. The minimum absolute atomic E-state index is 0.0264. The van der Waals surface area contributed by atoms with Crippen LogP contribution in [0.1, 0.15) is 18.0 Å². The van der Waals surface area contributed by atoms with E-state index in [1.165, 1.54) is 0 Å². The second-order valence-electron chi connectivity index (χ2n) is 9.86. The fourth-order valence-corrected chi connectivity index (χ4v) is 5.54. The Morgan fingerprint density at radius 1 is 1.10 bits per heavy atom. The SMILES string of the molecule is COc1ccc2[nH]cc(CCN3C(=O)[C@H](CC(=O)Nc4ccc5c(c4)OCCO5)n4c3nc3ccccc34)c2c1. The van der Waals surface area contributed by atoms with Crippen LogP contribution in [0.2, 0.25) is 0 Å². The van der Waals surface area contributed by atoms with E-state index in [1.807, 2.05) is 53.2 Å². The van der Waals surface area contributed by atoms with E-state index in [-0.39, 0.29) is 18.2 Å². The van der Waals surface area contributed by atoms with Crippen LogP contribution in [0.15, 0.2) is 66.9 Å². The van der Waals surface area contributed by atoms with Crippen molar-refractivity contribution in [2.75, 3.05) is 37.1 Å². The molecule has 0 aliphatic carbocycles. The summed E-state index contributed by atoms with van der Waals surface area (Å²) >= 11 is 0. The third-order valence-electron chi connectivity index (χ3n) is 7.47. The lowest BCUT2D eigenvalue weighted by molar-refractivity contribution is -0.124. The van der Waals surface area contributed by atoms with E-state index in [9.17, 15) is 9.59 Å². The quantitative estimate of drug-likeness (QED) is 0.317. The normalized spacial score (nSPS) is 16.0. The highest BCUT2D eigenvalue weighted by molar-refractivity contribution is 6.05. The van der Waals surface area contributed by atoms with Crippen LogP contribution in [0.3, 0.4) is 0 Å². The maximum Gasteiger partial charge on any atom is 0.253 e. The molecule has 2 amide bonds. The highest BCUT2D eigenvalue weighted by Gasteiger charge is 2.40. The number of nitrogens with zero attached hydrogens (tertiary/aromatic N) is 3. The number of fused-ring (bicyclic) bond motifs is 5. The Balaban J connectivity index is 1.14. The van der Waals surface area contributed by atoms with Crippen molar-refractivity contribution in [1.82, 2.24) is 14.5 Å². The first-order valence-electron chi connectivity index (χ1n) is 13.2. The highest BCUT2D eigenvalue weighted by atomic mass is 16.6. The summed E-state index contributed by atoms with van der Waals surface area (Å²) in [5.74, 6) is 2.14. The first kappa shape index (κ1) is 24.1. The summed E-state index contributed by atoms with van der Waals surface area (Å²) in [7, 11) is 1.64. The van der Waals surface area contributed by atoms with E-state index in [0.717, 1.165) is 33.2 Å². The zero-order valence-corrected chi connectivity index (χ0v) is 21.8. The molecule has 40 heavy (non-hydrogen) atoms. The molecular weight excluding hydrogens is 510 g/mol. The summed E-state index contributed by atoms with van der Waals surface area (Å²) in [4.78, 5) is 36.8. The molecule has 0 saturated carbocycles. The van der Waals surface area contributed by atoms with Gasteiger partial charge in [0.1, 0.15) is 25.0 Å². The number of H-pyrrole nitrogens is 1. The number of hydrogen-bond acceptors (Lipinski definition) is 6. The van der Waals surface area contributed by atoms with Gasteiger partial charge >= 0.3 is 0 Å². The van der Waals surface area contributed by atoms with Crippen molar-refractivity contribution in [2.45, 2.75) is 18.9 Å². The van der Waals surface area contributed by atoms with Gasteiger partial charge in [0.05, 0.1) is 24.6 Å². The van der Waals surface area contributed by atoms with Gasteiger partial charge in [-0.25, -0.2) is 4.98 Å². The third kappa shape index (κ3) is 4.08. The predicted molar refractivity (Wildman–Crippen MR) is 150 cm³/mol. The summed E-state index contributed by atoms with van der Waals surface area (Å²) in [6.07, 6.45) is 2.55. The van der Waals surface area contributed by atoms with Crippen LogP contribution in [0.25, 0.3) is 21.9 Å². The van der Waals surface area contributed by atoms with Gasteiger partial charge in [-0.2, -0.15) is 0 Å². The summed E-state index contributed by atoms with van der Waals surface area (Å²) < 4.78 is 18.5. The molecular formula is C30H27N5O5. The minimum atomic E-state index is -0.706. The Labute approximate surface area is 229 Å². The van der Waals surface area contributed by atoms with E-state index >= 15 is 0 Å². The van der Waals surface area contributed by atoms with Crippen molar-refractivity contribution in [3.63, 3.8) is 0 Å². The number of methoxy groups -OCH3 is 1. The van der Waals surface area contributed by atoms with Gasteiger partial charge in [0.25, 0.3) is 5.91 Å². The van der Waals surface area contributed by atoms with Gasteiger partial charge in [0.2, 0.25) is 11.9 Å². The van der Waals surface area contributed by atoms with Gasteiger partial charge in [0.15, 0.2) is 11.5 Å². The first-order chi connectivity index (χ1) is 19.6. The molecule has 2 aliphatic heterocycles. The third-order valence-corrected chi connectivity index (χ3v) is 7.47. The number of benzene rings is 3. The van der Waals surface area contributed by atoms with Crippen molar-refractivity contribution >= 4 is 45.4 Å². The van der Waals surface area contributed by atoms with Crippen LogP contribution >= 0.6 is 0 Å². The average Bonchev–Trinajstić information content (AvgIpc) is 3.63. The van der Waals surface area contributed by atoms with Crippen LogP contribution in [0.4, 0.5) is 11.6 Å². The van der Waals surface area contributed by atoms with Crippen LogP contribution in [-0.2, 0) is 16.0 Å². The first-order valence-corrected chi connectivity index (χ1v) is 13.2. The van der Waals surface area contributed by atoms with Crippen molar-refractivity contribution < 1.29 is 23.8 Å². The Morgan fingerprint density at radius 3 is 2.83 bits per heavy atom. The number of hydrogen-bond donors (Lipinski definition) is 2. The Bertz CT molecular complexity index is 1770. The number of amides is 2. The van der Waals surface area contributed by atoms with E-state index < -0.39 is 6.04 Å². The number of aromatic nitrogens is 3. The molecule has 3 aromatic carbocycles. The summed E-state index contributed by atoms with van der Waals surface area (Å²) in [5, 5.41) is 3.97. The largest absolute Gasteiger partial charge is 0.497 e. The Morgan fingerprint density at radius 2 is 1.95 bits per heavy atom. The molecule has 0 spiro atoms. The van der Waals surface area contributed by atoms with E-state index in [0.29, 0.717) is 49.3 Å². The van der Waals surface area contributed by atoms with Crippen molar-refractivity contribution in [3.8, 4) is 17.2 Å². The zero-order valence-electron chi connectivity index (χ0n) is 21.8. The fourth-order valence-electron chi connectivity index (χ4n) is 5.54. The van der Waals surface area contributed by atoms with Crippen molar-refractivity contribution in [2.24, 2.45) is 0 Å². The number of anilines is 2. The molecule has 0 saturated heterocycles. The topological polar surface area (TPSA) is 111 Å². The molecule has 202 valence electrons. The van der Waals surface area contributed by atoms with Gasteiger partial charge in [-0.05, 0) is 54.4 Å². The standard InChI is InChI=1S/C30H27N5O5/c1-38-20-7-8-22-21(15-20)18(17-31-22)10-11-34-29(37)25(35-24-5-3-2-4-23(24)33-30(34)35)16-28(36)32-19-6-9-26-27(14-19)40-13-12-39-26/h2-9,14-15,17,25,31H,10-13,16H2,1H3,(H,32,36)/t25-/m0/s1. The van der Waals surface area contributed by atoms with Gasteiger partial charge in [-0.15, -0.1) is 0 Å². The fraction of sp³-hybridized carbons (Fsp3) is 0.233. The number of carbonyl (C=O) groups excluding carboxylic acids is 2. The number of aromatic amines is 1. The average molecular weight is 538 g/mol. The Kier molecular flexibility index (Phi) is 5.80. The molecule has 0 unspecified atom stereocenters. The molecule has 5 aromatic rings. The number of imidazole rings is 1. The lowest BCUT2D eigenvalue weighted by Crippen LogP contribution is -2.33. The highest BCUT2D eigenvalue weighted by Crippen LogP contribution is 2.38. The Hall–Kier alpha value is -4.99. The van der Waals surface area contributed by atoms with Gasteiger partial charge in [-0.1, -0.05) is 12.1 Å². The van der Waals surface area contributed by atoms with E-state index in [4.69, 9.17) is 19.2 Å². The van der Waals surface area contributed by atoms with Crippen molar-refractivity contribution in [3.05, 3.63) is 72.4 Å². The number of rotatable bonds is 7. The zero-order chi connectivity index (χ0) is 27.2. The minimum Gasteiger partial charge on any atom is -0.497 e. The van der Waals surface area contributed by atoms with Crippen LogP contribution in [0, 0.1) is 0 Å². The maximum atomic E-state index is 13.8.